The molecular formula is C12H13NO3. The van der Waals surface area contributed by atoms with Gasteiger partial charge in [-0.05, 0) is 12.1 Å². The summed E-state index contributed by atoms with van der Waals surface area (Å²) in [4.78, 5) is 13.3. The topological polar surface area (TPSA) is 49.8 Å². The van der Waals surface area contributed by atoms with Crippen LogP contribution in [0.4, 0.5) is 5.69 Å². The number of rotatable bonds is 2. The molecule has 1 unspecified atom stereocenters. The number of aliphatic hydroxyl groups is 1. The summed E-state index contributed by atoms with van der Waals surface area (Å²) >= 11 is 0. The van der Waals surface area contributed by atoms with Gasteiger partial charge in [-0.3, -0.25) is 4.79 Å². The molecule has 1 atom stereocenters. The van der Waals surface area contributed by atoms with E-state index in [0.717, 1.165) is 0 Å². The molecule has 1 N–H and O–H groups in total. The fourth-order valence-corrected chi connectivity index (χ4v) is 1.74. The van der Waals surface area contributed by atoms with Crippen LogP contribution in [-0.2, 0) is 4.79 Å². The van der Waals surface area contributed by atoms with E-state index in [1.54, 1.807) is 19.2 Å². The van der Waals surface area contributed by atoms with Crippen molar-refractivity contribution in [2.24, 2.45) is 0 Å². The Bertz CT molecular complexity index is 442. The van der Waals surface area contributed by atoms with E-state index < -0.39 is 6.10 Å². The first-order chi connectivity index (χ1) is 7.65. The quantitative estimate of drug-likeness (QED) is 0.754. The lowest BCUT2D eigenvalue weighted by Gasteiger charge is -2.18. The molecule has 0 bridgehead atoms. The summed E-state index contributed by atoms with van der Waals surface area (Å²) in [5, 5.41) is 9.56. The van der Waals surface area contributed by atoms with E-state index >= 15 is 0 Å². The summed E-state index contributed by atoms with van der Waals surface area (Å²) in [6, 6.07) is 7.20. The first kappa shape index (κ1) is 10.7. The third-order valence-electron chi connectivity index (χ3n) is 2.65. The van der Waals surface area contributed by atoms with Crippen molar-refractivity contribution in [3.63, 3.8) is 0 Å². The van der Waals surface area contributed by atoms with Crippen molar-refractivity contribution in [3.8, 4) is 5.75 Å². The number of aliphatic hydroxyl groups excluding tert-OH is 1. The van der Waals surface area contributed by atoms with Crippen LogP contribution in [-0.4, -0.2) is 30.8 Å². The molecule has 1 amide bonds. The van der Waals surface area contributed by atoms with Gasteiger partial charge in [0.1, 0.15) is 11.9 Å². The lowest BCUT2D eigenvalue weighted by Crippen LogP contribution is -2.25. The van der Waals surface area contributed by atoms with Crippen molar-refractivity contribution >= 4 is 11.6 Å². The van der Waals surface area contributed by atoms with Crippen LogP contribution < -0.4 is 9.64 Å². The fraction of sp³-hybridized carbons (Fsp3) is 0.250. The average Bonchev–Trinajstić information content (AvgIpc) is 2.57. The Balaban J connectivity index is 2.38. The number of β-amino-alcohol motifs (C(OH)–C–C–N with tert-alkyl or cyclic N) is 1. The highest BCUT2D eigenvalue weighted by molar-refractivity contribution is 6.09. The van der Waals surface area contributed by atoms with Gasteiger partial charge < -0.3 is 14.7 Å². The molecule has 1 aliphatic rings. The monoisotopic (exact) mass is 219 g/mol. The molecule has 4 nitrogen and oxygen atoms in total. The van der Waals surface area contributed by atoms with Crippen molar-refractivity contribution in [3.05, 3.63) is 36.4 Å². The van der Waals surface area contributed by atoms with Gasteiger partial charge in [0.15, 0.2) is 0 Å². The maximum absolute atomic E-state index is 11.8. The maximum Gasteiger partial charge on any atom is 0.256 e. The summed E-state index contributed by atoms with van der Waals surface area (Å²) < 4.78 is 5.17. The molecule has 4 heteroatoms. The Morgan fingerprint density at radius 1 is 1.50 bits per heavy atom. The van der Waals surface area contributed by atoms with Gasteiger partial charge in [-0.1, -0.05) is 18.7 Å². The van der Waals surface area contributed by atoms with Crippen molar-refractivity contribution in [1.29, 1.82) is 0 Å². The van der Waals surface area contributed by atoms with Crippen LogP contribution in [0.25, 0.3) is 0 Å². The molecule has 1 heterocycles. The first-order valence-electron chi connectivity index (χ1n) is 4.97. The van der Waals surface area contributed by atoms with Gasteiger partial charge in [-0.15, -0.1) is 0 Å². The molecule has 0 spiro atoms. The van der Waals surface area contributed by atoms with Crippen LogP contribution in [0.15, 0.2) is 36.4 Å². The number of anilines is 1. The molecule has 0 aromatic heterocycles. The SMILES string of the molecule is C=C1C(=O)N(c2ccccc2OC)CC1O. The van der Waals surface area contributed by atoms with Crippen LogP contribution in [0, 0.1) is 0 Å². The predicted molar refractivity (Wildman–Crippen MR) is 60.5 cm³/mol. The van der Waals surface area contributed by atoms with Gasteiger partial charge >= 0.3 is 0 Å². The summed E-state index contributed by atoms with van der Waals surface area (Å²) in [6.45, 7) is 3.80. The molecule has 84 valence electrons. The minimum absolute atomic E-state index is 0.228. The lowest BCUT2D eigenvalue weighted by atomic mass is 10.2. The number of hydrogen-bond acceptors (Lipinski definition) is 3. The van der Waals surface area contributed by atoms with E-state index in [4.69, 9.17) is 4.74 Å². The Labute approximate surface area is 93.8 Å². The zero-order valence-electron chi connectivity index (χ0n) is 9.01. The zero-order valence-corrected chi connectivity index (χ0v) is 9.01. The fourth-order valence-electron chi connectivity index (χ4n) is 1.74. The Morgan fingerprint density at radius 3 is 2.75 bits per heavy atom. The second-order valence-electron chi connectivity index (χ2n) is 3.63. The highest BCUT2D eigenvalue weighted by Crippen LogP contribution is 2.32. The predicted octanol–water partition coefficient (Wildman–Crippen LogP) is 0.959. The van der Waals surface area contributed by atoms with Crippen molar-refractivity contribution in [2.75, 3.05) is 18.6 Å². The highest BCUT2D eigenvalue weighted by atomic mass is 16.5. The van der Waals surface area contributed by atoms with E-state index in [9.17, 15) is 9.90 Å². The molecule has 1 saturated heterocycles. The number of carbonyl (C=O) groups is 1. The maximum atomic E-state index is 11.8. The summed E-state index contributed by atoms with van der Waals surface area (Å²) in [5.41, 5.74) is 0.888. The zero-order chi connectivity index (χ0) is 11.7. The molecule has 1 aliphatic heterocycles. The van der Waals surface area contributed by atoms with Crippen LogP contribution in [0.1, 0.15) is 0 Å². The lowest BCUT2D eigenvalue weighted by molar-refractivity contribution is -0.114. The van der Waals surface area contributed by atoms with Gasteiger partial charge in [-0.25, -0.2) is 0 Å². The third-order valence-corrected chi connectivity index (χ3v) is 2.65. The average molecular weight is 219 g/mol. The molecule has 0 aliphatic carbocycles. The van der Waals surface area contributed by atoms with E-state index in [2.05, 4.69) is 6.58 Å². The number of ether oxygens (including phenoxy) is 1. The van der Waals surface area contributed by atoms with Gasteiger partial charge in [0.25, 0.3) is 5.91 Å². The third kappa shape index (κ3) is 1.57. The molecule has 0 saturated carbocycles. The minimum atomic E-state index is -0.794. The molecule has 2 rings (SSSR count). The normalized spacial score (nSPS) is 20.4. The van der Waals surface area contributed by atoms with E-state index in [1.165, 1.54) is 4.90 Å². The van der Waals surface area contributed by atoms with Crippen LogP contribution >= 0.6 is 0 Å². The van der Waals surface area contributed by atoms with Gasteiger partial charge in [0.05, 0.1) is 19.3 Å². The number of para-hydroxylation sites is 2. The Morgan fingerprint density at radius 2 is 2.19 bits per heavy atom. The number of nitrogens with zero attached hydrogens (tertiary/aromatic N) is 1. The van der Waals surface area contributed by atoms with E-state index in [-0.39, 0.29) is 18.0 Å². The number of methoxy groups -OCH3 is 1. The molecule has 1 fully saturated rings. The minimum Gasteiger partial charge on any atom is -0.495 e. The van der Waals surface area contributed by atoms with Crippen molar-refractivity contribution in [2.45, 2.75) is 6.10 Å². The summed E-state index contributed by atoms with van der Waals surface area (Å²) in [5.74, 6) is 0.356. The smallest absolute Gasteiger partial charge is 0.256 e. The molecular weight excluding hydrogens is 206 g/mol. The van der Waals surface area contributed by atoms with Crippen molar-refractivity contribution in [1.82, 2.24) is 0 Å². The Hall–Kier alpha value is -1.81. The van der Waals surface area contributed by atoms with Crippen LogP contribution in [0.2, 0.25) is 0 Å². The first-order valence-corrected chi connectivity index (χ1v) is 4.97. The standard InChI is InChI=1S/C12H13NO3/c1-8-10(14)7-13(12(8)15)9-5-3-4-6-11(9)16-2/h3-6,10,14H,1,7H2,2H3. The molecule has 1 aromatic carbocycles. The van der Waals surface area contributed by atoms with Gasteiger partial charge in [-0.2, -0.15) is 0 Å². The number of carbonyl (C=O) groups excluding carboxylic acids is 1. The number of hydrogen-bond donors (Lipinski definition) is 1. The largest absolute Gasteiger partial charge is 0.495 e. The van der Waals surface area contributed by atoms with Gasteiger partial charge in [0.2, 0.25) is 0 Å². The van der Waals surface area contributed by atoms with Gasteiger partial charge in [0, 0.05) is 5.57 Å². The van der Waals surface area contributed by atoms with E-state index in [1.807, 2.05) is 12.1 Å². The highest BCUT2D eigenvalue weighted by Gasteiger charge is 2.34. The summed E-state index contributed by atoms with van der Waals surface area (Å²) in [6.07, 6.45) is -0.794. The molecule has 1 aromatic rings. The molecule has 16 heavy (non-hydrogen) atoms. The van der Waals surface area contributed by atoms with Crippen LogP contribution in [0.5, 0.6) is 5.75 Å². The second kappa shape index (κ2) is 3.98. The van der Waals surface area contributed by atoms with E-state index in [0.29, 0.717) is 11.4 Å². The summed E-state index contributed by atoms with van der Waals surface area (Å²) in [7, 11) is 1.55. The Kier molecular flexibility index (Phi) is 2.66. The number of benzene rings is 1. The number of amides is 1. The molecule has 0 radical (unpaired) electrons. The van der Waals surface area contributed by atoms with Crippen molar-refractivity contribution < 1.29 is 14.6 Å². The second-order valence-corrected chi connectivity index (χ2v) is 3.63. The van der Waals surface area contributed by atoms with Crippen LogP contribution in [0.3, 0.4) is 0 Å².